The van der Waals surface area contributed by atoms with E-state index in [1.54, 1.807) is 11.3 Å². The molecule has 3 N–H and O–H groups in total. The van der Waals surface area contributed by atoms with Gasteiger partial charge in [-0.15, -0.1) is 0 Å². The third kappa shape index (κ3) is 2.53. The molecular formula is C16H16N4S. The molecule has 0 fully saturated rings. The van der Waals surface area contributed by atoms with E-state index < -0.39 is 0 Å². The highest BCUT2D eigenvalue weighted by Crippen LogP contribution is 2.30. The maximum Gasteiger partial charge on any atom is 0.163 e. The average Bonchev–Trinajstić information content (AvgIpc) is 2.94. The maximum absolute atomic E-state index is 5.62. The number of anilines is 1. The van der Waals surface area contributed by atoms with Crippen LogP contribution in [0.5, 0.6) is 0 Å². The lowest BCUT2D eigenvalue weighted by molar-refractivity contribution is 1.11. The summed E-state index contributed by atoms with van der Waals surface area (Å²) in [5, 5.41) is 4.16. The van der Waals surface area contributed by atoms with Crippen molar-refractivity contribution in [3.63, 3.8) is 0 Å². The average molecular weight is 296 g/mol. The van der Waals surface area contributed by atoms with E-state index in [9.17, 15) is 0 Å². The second-order valence-electron chi connectivity index (χ2n) is 4.85. The molecule has 2 heterocycles. The summed E-state index contributed by atoms with van der Waals surface area (Å²) in [5.41, 5.74) is 7.81. The maximum atomic E-state index is 5.62. The number of hydrogen-bond donors (Lipinski definition) is 2. The monoisotopic (exact) mass is 296 g/mol. The van der Waals surface area contributed by atoms with Gasteiger partial charge in [-0.3, -0.25) is 0 Å². The van der Waals surface area contributed by atoms with Crippen LogP contribution in [-0.2, 0) is 0 Å². The third-order valence-electron chi connectivity index (χ3n) is 3.43. The molecule has 0 radical (unpaired) electrons. The number of rotatable bonds is 3. The number of hydrazine groups is 1. The molecule has 1 aromatic carbocycles. The van der Waals surface area contributed by atoms with Crippen molar-refractivity contribution < 1.29 is 0 Å². The molecule has 0 atom stereocenters. The van der Waals surface area contributed by atoms with Crippen LogP contribution in [0.15, 0.2) is 41.1 Å². The number of nitrogen functional groups attached to an aromatic ring is 1. The van der Waals surface area contributed by atoms with E-state index in [-0.39, 0.29) is 0 Å². The highest BCUT2D eigenvalue weighted by atomic mass is 32.1. The first kappa shape index (κ1) is 13.7. The molecule has 0 saturated heterocycles. The largest absolute Gasteiger partial charge is 0.308 e. The summed E-state index contributed by atoms with van der Waals surface area (Å²) in [5.74, 6) is 6.98. The minimum atomic E-state index is 0.657. The van der Waals surface area contributed by atoms with Crippen LogP contribution in [0.2, 0.25) is 0 Å². The Labute approximate surface area is 127 Å². The molecule has 0 unspecified atom stereocenters. The summed E-state index contributed by atoms with van der Waals surface area (Å²) < 4.78 is 0. The van der Waals surface area contributed by atoms with Crippen LogP contribution in [0.4, 0.5) is 5.82 Å². The lowest BCUT2D eigenvalue weighted by Crippen LogP contribution is -2.12. The first-order valence-corrected chi connectivity index (χ1v) is 7.59. The molecule has 5 heteroatoms. The lowest BCUT2D eigenvalue weighted by atomic mass is 10.1. The molecule has 0 aliphatic heterocycles. The van der Waals surface area contributed by atoms with Gasteiger partial charge in [0.2, 0.25) is 0 Å². The number of benzene rings is 1. The van der Waals surface area contributed by atoms with Crippen LogP contribution in [0.25, 0.3) is 22.6 Å². The van der Waals surface area contributed by atoms with E-state index in [4.69, 9.17) is 10.8 Å². The number of nitrogens with zero attached hydrogens (tertiary/aromatic N) is 2. The van der Waals surface area contributed by atoms with E-state index in [2.05, 4.69) is 28.1 Å². The fourth-order valence-corrected chi connectivity index (χ4v) is 3.07. The first-order chi connectivity index (χ1) is 10.2. The topological polar surface area (TPSA) is 63.8 Å². The molecule has 3 rings (SSSR count). The zero-order chi connectivity index (χ0) is 14.8. The second-order valence-corrected chi connectivity index (χ2v) is 5.59. The highest BCUT2D eigenvalue weighted by Gasteiger charge is 2.14. The van der Waals surface area contributed by atoms with Crippen molar-refractivity contribution in [2.45, 2.75) is 13.8 Å². The summed E-state index contributed by atoms with van der Waals surface area (Å²) in [6.07, 6.45) is 0. The number of nitrogens with one attached hydrogen (secondary N) is 1. The van der Waals surface area contributed by atoms with Gasteiger partial charge in [0.15, 0.2) is 5.82 Å². The molecule has 21 heavy (non-hydrogen) atoms. The molecule has 4 nitrogen and oxygen atoms in total. The summed E-state index contributed by atoms with van der Waals surface area (Å²) in [7, 11) is 0. The van der Waals surface area contributed by atoms with Crippen LogP contribution in [0, 0.1) is 13.8 Å². The van der Waals surface area contributed by atoms with E-state index in [0.29, 0.717) is 11.6 Å². The zero-order valence-electron chi connectivity index (χ0n) is 11.9. The number of hydrogen-bond acceptors (Lipinski definition) is 5. The number of thiophene rings is 1. The Kier molecular flexibility index (Phi) is 3.68. The van der Waals surface area contributed by atoms with Gasteiger partial charge < -0.3 is 5.43 Å². The lowest BCUT2D eigenvalue weighted by Gasteiger charge is -2.12. The van der Waals surface area contributed by atoms with E-state index >= 15 is 0 Å². The van der Waals surface area contributed by atoms with Crippen molar-refractivity contribution in [3.8, 4) is 22.6 Å². The molecule has 106 valence electrons. The molecule has 2 aromatic heterocycles. The Bertz CT molecular complexity index is 765. The molecule has 0 spiro atoms. The standard InChI is InChI=1S/C16H16N4S/c1-10-8-21-9-13(10)16-18-14(11(2)15(19-16)20-17)12-6-4-3-5-7-12/h3-9H,17H2,1-2H3,(H,18,19,20). The van der Waals surface area contributed by atoms with Gasteiger partial charge in [-0.25, -0.2) is 15.8 Å². The summed E-state index contributed by atoms with van der Waals surface area (Å²) in [6, 6.07) is 10.1. The van der Waals surface area contributed by atoms with Crippen molar-refractivity contribution in [2.24, 2.45) is 5.84 Å². The fourth-order valence-electron chi connectivity index (χ4n) is 2.24. The van der Waals surface area contributed by atoms with Crippen molar-refractivity contribution in [1.82, 2.24) is 9.97 Å². The Balaban J connectivity index is 2.23. The zero-order valence-corrected chi connectivity index (χ0v) is 12.7. The molecule has 0 amide bonds. The Morgan fingerprint density at radius 1 is 1.05 bits per heavy atom. The van der Waals surface area contributed by atoms with Crippen molar-refractivity contribution in [3.05, 3.63) is 52.2 Å². The smallest absolute Gasteiger partial charge is 0.163 e. The van der Waals surface area contributed by atoms with Gasteiger partial charge >= 0.3 is 0 Å². The minimum absolute atomic E-state index is 0.657. The third-order valence-corrected chi connectivity index (χ3v) is 4.29. The molecule has 0 aliphatic carbocycles. The summed E-state index contributed by atoms with van der Waals surface area (Å²) >= 11 is 1.65. The summed E-state index contributed by atoms with van der Waals surface area (Å²) in [6.45, 7) is 4.04. The van der Waals surface area contributed by atoms with Crippen molar-refractivity contribution in [2.75, 3.05) is 5.43 Å². The van der Waals surface area contributed by atoms with Crippen LogP contribution in [0.1, 0.15) is 11.1 Å². The Hall–Kier alpha value is -2.24. The van der Waals surface area contributed by atoms with Crippen LogP contribution in [0.3, 0.4) is 0 Å². The molecule has 0 bridgehead atoms. The van der Waals surface area contributed by atoms with Gasteiger partial charge in [0.05, 0.1) is 5.69 Å². The van der Waals surface area contributed by atoms with Crippen LogP contribution in [-0.4, -0.2) is 9.97 Å². The fraction of sp³-hybridized carbons (Fsp3) is 0.125. The number of aromatic nitrogens is 2. The first-order valence-electron chi connectivity index (χ1n) is 6.64. The van der Waals surface area contributed by atoms with Crippen LogP contribution < -0.4 is 11.3 Å². The van der Waals surface area contributed by atoms with Gasteiger partial charge in [0.1, 0.15) is 5.82 Å². The van der Waals surface area contributed by atoms with Gasteiger partial charge in [-0.1, -0.05) is 30.3 Å². The van der Waals surface area contributed by atoms with Gasteiger partial charge in [0, 0.05) is 22.1 Å². The predicted molar refractivity (Wildman–Crippen MR) is 88.1 cm³/mol. The second kappa shape index (κ2) is 5.63. The molecule has 0 aliphatic rings. The SMILES string of the molecule is Cc1cscc1-c1nc(NN)c(C)c(-c2ccccc2)n1. The normalized spacial score (nSPS) is 10.6. The number of aryl methyl sites for hydroxylation is 1. The Morgan fingerprint density at radius 2 is 1.81 bits per heavy atom. The molecule has 3 aromatic rings. The predicted octanol–water partition coefficient (Wildman–Crippen LogP) is 3.77. The number of nitrogens with two attached hydrogens (primary N) is 1. The van der Waals surface area contributed by atoms with Crippen molar-refractivity contribution >= 4 is 17.2 Å². The van der Waals surface area contributed by atoms with Gasteiger partial charge in [0.25, 0.3) is 0 Å². The summed E-state index contributed by atoms with van der Waals surface area (Å²) in [4.78, 5) is 9.29. The van der Waals surface area contributed by atoms with E-state index in [1.165, 1.54) is 5.56 Å². The van der Waals surface area contributed by atoms with Gasteiger partial charge in [-0.05, 0) is 24.8 Å². The van der Waals surface area contributed by atoms with Gasteiger partial charge in [-0.2, -0.15) is 11.3 Å². The highest BCUT2D eigenvalue weighted by molar-refractivity contribution is 7.08. The molecule has 0 saturated carbocycles. The van der Waals surface area contributed by atoms with E-state index in [0.717, 1.165) is 22.4 Å². The minimum Gasteiger partial charge on any atom is -0.308 e. The molecular weight excluding hydrogens is 280 g/mol. The Morgan fingerprint density at radius 3 is 2.43 bits per heavy atom. The van der Waals surface area contributed by atoms with Crippen LogP contribution >= 0.6 is 11.3 Å². The van der Waals surface area contributed by atoms with Crippen molar-refractivity contribution in [1.29, 1.82) is 0 Å². The van der Waals surface area contributed by atoms with E-state index in [1.807, 2.05) is 37.3 Å². The quantitative estimate of drug-likeness (QED) is 0.570.